The number of rotatable bonds is 3. The van der Waals surface area contributed by atoms with Gasteiger partial charge in [-0.1, -0.05) is 11.6 Å². The first-order chi connectivity index (χ1) is 10.0. The zero-order chi connectivity index (χ0) is 15.0. The lowest BCUT2D eigenvalue weighted by Gasteiger charge is -2.02. The summed E-state index contributed by atoms with van der Waals surface area (Å²) in [4.78, 5) is 3.86. The van der Waals surface area contributed by atoms with Gasteiger partial charge in [0.25, 0.3) is 0 Å². The summed E-state index contributed by atoms with van der Waals surface area (Å²) in [5.74, 6) is -3.96. The number of halogens is 4. The van der Waals surface area contributed by atoms with E-state index in [4.69, 9.17) is 11.6 Å². The second-order valence-corrected chi connectivity index (χ2v) is 4.76. The average Bonchev–Trinajstić information content (AvgIpc) is 3.05. The Labute approximate surface area is 122 Å². The van der Waals surface area contributed by atoms with E-state index in [1.807, 2.05) is 0 Å². The summed E-state index contributed by atoms with van der Waals surface area (Å²) < 4.78 is 42.6. The SMILES string of the molecule is Fc1cc(-c2cnn(Cn3cnc(Cl)c3)c2)cc(F)c1F. The number of hydrogen-bond acceptors (Lipinski definition) is 2. The Kier molecular flexibility index (Phi) is 3.42. The van der Waals surface area contributed by atoms with Gasteiger partial charge in [-0.05, 0) is 17.7 Å². The molecule has 3 aromatic rings. The smallest absolute Gasteiger partial charge is 0.194 e. The summed E-state index contributed by atoms with van der Waals surface area (Å²) in [6.45, 7) is 0.339. The highest BCUT2D eigenvalue weighted by Gasteiger charge is 2.12. The van der Waals surface area contributed by atoms with Crippen molar-refractivity contribution in [1.82, 2.24) is 19.3 Å². The summed E-state index contributed by atoms with van der Waals surface area (Å²) >= 11 is 5.70. The molecule has 0 amide bonds. The molecule has 108 valence electrons. The molecule has 0 N–H and O–H groups in total. The minimum Gasteiger partial charge on any atom is -0.316 e. The predicted molar refractivity (Wildman–Crippen MR) is 70.2 cm³/mol. The normalized spacial score (nSPS) is 11.0. The molecule has 0 aliphatic heterocycles. The van der Waals surface area contributed by atoms with Crippen molar-refractivity contribution in [3.8, 4) is 11.1 Å². The van der Waals surface area contributed by atoms with Crippen LogP contribution in [0.3, 0.4) is 0 Å². The summed E-state index contributed by atoms with van der Waals surface area (Å²) in [5.41, 5.74) is 0.681. The summed E-state index contributed by atoms with van der Waals surface area (Å²) in [6.07, 6.45) is 6.16. The maximum Gasteiger partial charge on any atom is 0.194 e. The van der Waals surface area contributed by atoms with Crippen molar-refractivity contribution in [3.63, 3.8) is 0 Å². The molecule has 0 atom stereocenters. The fourth-order valence-electron chi connectivity index (χ4n) is 1.89. The van der Waals surface area contributed by atoms with Gasteiger partial charge in [0.05, 0.1) is 12.5 Å². The van der Waals surface area contributed by atoms with Gasteiger partial charge in [-0.2, -0.15) is 5.10 Å². The Morgan fingerprint density at radius 1 is 1.05 bits per heavy atom. The van der Waals surface area contributed by atoms with Gasteiger partial charge in [0.1, 0.15) is 11.8 Å². The van der Waals surface area contributed by atoms with Crippen LogP contribution in [0.1, 0.15) is 0 Å². The number of nitrogens with zero attached hydrogens (tertiary/aromatic N) is 4. The van der Waals surface area contributed by atoms with Crippen LogP contribution in [0.4, 0.5) is 13.2 Å². The molecule has 0 spiro atoms. The predicted octanol–water partition coefficient (Wildman–Crippen LogP) is 3.32. The van der Waals surface area contributed by atoms with Crippen molar-refractivity contribution < 1.29 is 13.2 Å². The lowest BCUT2D eigenvalue weighted by Crippen LogP contribution is -2.06. The second kappa shape index (κ2) is 5.25. The minimum absolute atomic E-state index is 0.210. The maximum atomic E-state index is 13.2. The van der Waals surface area contributed by atoms with E-state index in [0.29, 0.717) is 17.4 Å². The number of aromatic nitrogens is 4. The topological polar surface area (TPSA) is 35.6 Å². The van der Waals surface area contributed by atoms with Crippen LogP contribution in [0.15, 0.2) is 37.1 Å². The number of hydrogen-bond donors (Lipinski definition) is 0. The fraction of sp³-hybridized carbons (Fsp3) is 0.0769. The summed E-state index contributed by atoms with van der Waals surface area (Å²) in [5, 5.41) is 4.42. The van der Waals surface area contributed by atoms with E-state index in [0.717, 1.165) is 12.1 Å². The van der Waals surface area contributed by atoms with Crippen LogP contribution < -0.4 is 0 Å². The molecule has 2 heterocycles. The highest BCUT2D eigenvalue weighted by atomic mass is 35.5. The Bertz CT molecular complexity index is 773. The first kappa shape index (κ1) is 13.7. The molecule has 0 saturated heterocycles. The Hall–Kier alpha value is -2.28. The molecule has 0 aliphatic rings. The minimum atomic E-state index is -1.49. The largest absolute Gasteiger partial charge is 0.316 e. The van der Waals surface area contributed by atoms with E-state index < -0.39 is 17.5 Å². The van der Waals surface area contributed by atoms with Crippen LogP contribution in [-0.2, 0) is 6.67 Å². The van der Waals surface area contributed by atoms with Gasteiger partial charge in [0.2, 0.25) is 0 Å². The van der Waals surface area contributed by atoms with Crippen molar-refractivity contribution in [2.24, 2.45) is 0 Å². The van der Waals surface area contributed by atoms with Crippen LogP contribution in [0.5, 0.6) is 0 Å². The maximum absolute atomic E-state index is 13.2. The molecule has 0 unspecified atom stereocenters. The third-order valence-electron chi connectivity index (χ3n) is 2.86. The molecule has 3 rings (SSSR count). The average molecular weight is 313 g/mol. The van der Waals surface area contributed by atoms with Crippen LogP contribution >= 0.6 is 11.6 Å². The van der Waals surface area contributed by atoms with E-state index in [2.05, 4.69) is 10.1 Å². The van der Waals surface area contributed by atoms with Gasteiger partial charge < -0.3 is 4.57 Å². The lowest BCUT2D eigenvalue weighted by molar-refractivity contribution is 0.447. The standard InChI is InChI=1S/C13H8ClF3N4/c14-12-5-20(6-18-12)7-21-4-9(3-19-21)8-1-10(15)13(17)11(16)2-8/h1-6H,7H2. The van der Waals surface area contributed by atoms with Gasteiger partial charge in [-0.25, -0.2) is 18.2 Å². The molecule has 8 heteroatoms. The molecule has 4 nitrogen and oxygen atoms in total. The molecule has 0 fully saturated rings. The molecular formula is C13H8ClF3N4. The molecule has 1 aromatic carbocycles. The van der Waals surface area contributed by atoms with Crippen molar-refractivity contribution in [3.05, 3.63) is 59.7 Å². The van der Waals surface area contributed by atoms with E-state index in [1.54, 1.807) is 17.0 Å². The highest BCUT2D eigenvalue weighted by molar-refractivity contribution is 6.29. The quantitative estimate of drug-likeness (QED) is 0.696. The van der Waals surface area contributed by atoms with Gasteiger partial charge in [-0.3, -0.25) is 4.68 Å². The zero-order valence-electron chi connectivity index (χ0n) is 10.5. The van der Waals surface area contributed by atoms with Gasteiger partial charge >= 0.3 is 0 Å². The van der Waals surface area contributed by atoms with Crippen molar-refractivity contribution in [2.75, 3.05) is 0 Å². The zero-order valence-corrected chi connectivity index (χ0v) is 11.2. The molecule has 0 bridgehead atoms. The van der Waals surface area contributed by atoms with E-state index >= 15 is 0 Å². The Balaban J connectivity index is 1.88. The van der Waals surface area contributed by atoms with Crippen LogP contribution in [0, 0.1) is 17.5 Å². The van der Waals surface area contributed by atoms with Gasteiger partial charge in [0.15, 0.2) is 17.5 Å². The van der Waals surface area contributed by atoms with Crippen molar-refractivity contribution >= 4 is 11.6 Å². The number of benzene rings is 1. The van der Waals surface area contributed by atoms with E-state index in [-0.39, 0.29) is 5.56 Å². The summed E-state index contributed by atoms with van der Waals surface area (Å²) in [6, 6.07) is 1.85. The first-order valence-electron chi connectivity index (χ1n) is 5.87. The number of imidazole rings is 1. The molecule has 0 radical (unpaired) electrons. The third-order valence-corrected chi connectivity index (χ3v) is 3.06. The first-order valence-corrected chi connectivity index (χ1v) is 6.25. The third kappa shape index (κ3) is 2.78. The summed E-state index contributed by atoms with van der Waals surface area (Å²) in [7, 11) is 0. The molecule has 0 aliphatic carbocycles. The molecule has 0 saturated carbocycles. The van der Waals surface area contributed by atoms with E-state index in [1.165, 1.54) is 17.2 Å². The van der Waals surface area contributed by atoms with Crippen molar-refractivity contribution in [2.45, 2.75) is 6.67 Å². The monoisotopic (exact) mass is 312 g/mol. The molecule has 2 aromatic heterocycles. The Morgan fingerprint density at radius 3 is 2.38 bits per heavy atom. The van der Waals surface area contributed by atoms with Crippen LogP contribution in [0.25, 0.3) is 11.1 Å². The van der Waals surface area contributed by atoms with Gasteiger partial charge in [-0.15, -0.1) is 0 Å². The molecular weight excluding hydrogens is 305 g/mol. The lowest BCUT2D eigenvalue weighted by atomic mass is 10.1. The van der Waals surface area contributed by atoms with E-state index in [9.17, 15) is 13.2 Å². The Morgan fingerprint density at radius 2 is 1.76 bits per heavy atom. The van der Waals surface area contributed by atoms with Crippen LogP contribution in [-0.4, -0.2) is 19.3 Å². The van der Waals surface area contributed by atoms with Crippen LogP contribution in [0.2, 0.25) is 5.15 Å². The second-order valence-electron chi connectivity index (χ2n) is 4.37. The molecule has 21 heavy (non-hydrogen) atoms. The van der Waals surface area contributed by atoms with Gasteiger partial charge in [0, 0.05) is 18.0 Å². The van der Waals surface area contributed by atoms with Crippen molar-refractivity contribution in [1.29, 1.82) is 0 Å². The fourth-order valence-corrected chi connectivity index (χ4v) is 2.06. The highest BCUT2D eigenvalue weighted by Crippen LogP contribution is 2.23.